The van der Waals surface area contributed by atoms with E-state index in [1.54, 1.807) is 0 Å². The smallest absolute Gasteiger partial charge is 0.303 e. The van der Waals surface area contributed by atoms with Gasteiger partial charge in [0, 0.05) is 36.6 Å². The summed E-state index contributed by atoms with van der Waals surface area (Å²) in [6, 6.07) is 6.67. The van der Waals surface area contributed by atoms with Crippen LogP contribution in [0.1, 0.15) is 24.2 Å². The minimum absolute atomic E-state index is 0.158. The summed E-state index contributed by atoms with van der Waals surface area (Å²) in [6.45, 7) is 1.26. The molecular weight excluding hydrogens is 316 g/mol. The Bertz CT molecular complexity index is 800. The van der Waals surface area contributed by atoms with Gasteiger partial charge in [-0.25, -0.2) is 0 Å². The molecule has 7 heteroatoms. The number of carbonyl (C=O) groups excluding carboxylic acids is 1. The molecule has 0 unspecified atom stereocenters. The molecule has 24 heavy (non-hydrogen) atoms. The minimum atomic E-state index is -0.769. The number of ether oxygens (including phenoxy) is 2. The topological polar surface area (TPSA) is 116 Å². The largest absolute Gasteiger partial charge is 0.508 e. The zero-order valence-corrected chi connectivity index (χ0v) is 12.8. The van der Waals surface area contributed by atoms with E-state index in [-0.39, 0.29) is 35.2 Å². The Labute approximate surface area is 137 Å². The number of aromatic hydroxyl groups is 4. The number of esters is 1. The summed E-state index contributed by atoms with van der Waals surface area (Å²) in [5, 5.41) is 38.7. The number of fused-ring (bicyclic) bond motifs is 1. The van der Waals surface area contributed by atoms with Crippen LogP contribution >= 0.6 is 0 Å². The fraction of sp³-hybridized carbons (Fsp3) is 0.235. The van der Waals surface area contributed by atoms with Crippen LogP contribution in [0.2, 0.25) is 0 Å². The van der Waals surface area contributed by atoms with Crippen molar-refractivity contribution in [3.63, 3.8) is 0 Å². The molecule has 0 saturated carbocycles. The lowest BCUT2D eigenvalue weighted by Gasteiger charge is -2.33. The third kappa shape index (κ3) is 2.88. The Hall–Kier alpha value is -3.09. The van der Waals surface area contributed by atoms with Gasteiger partial charge in [0.15, 0.2) is 17.6 Å². The average molecular weight is 332 g/mol. The van der Waals surface area contributed by atoms with Gasteiger partial charge in [0.25, 0.3) is 0 Å². The highest BCUT2D eigenvalue weighted by molar-refractivity contribution is 5.66. The molecular formula is C17H16O7. The van der Waals surface area contributed by atoms with Gasteiger partial charge in [0.2, 0.25) is 0 Å². The monoisotopic (exact) mass is 332 g/mol. The Kier molecular flexibility index (Phi) is 3.84. The van der Waals surface area contributed by atoms with E-state index in [0.29, 0.717) is 11.1 Å². The summed E-state index contributed by atoms with van der Waals surface area (Å²) in [5.41, 5.74) is 0.892. The molecule has 1 heterocycles. The molecule has 0 radical (unpaired) electrons. The maximum absolute atomic E-state index is 11.4. The lowest BCUT2D eigenvalue weighted by molar-refractivity contribution is -0.152. The molecule has 2 atom stereocenters. The molecule has 2 aromatic carbocycles. The molecule has 4 N–H and O–H groups in total. The van der Waals surface area contributed by atoms with E-state index in [2.05, 4.69) is 0 Å². The highest BCUT2D eigenvalue weighted by Crippen LogP contribution is 2.43. The quantitative estimate of drug-likeness (QED) is 0.491. The fourth-order valence-corrected chi connectivity index (χ4v) is 2.76. The van der Waals surface area contributed by atoms with Crippen molar-refractivity contribution in [2.24, 2.45) is 0 Å². The Morgan fingerprint density at radius 3 is 2.50 bits per heavy atom. The van der Waals surface area contributed by atoms with E-state index in [0.717, 1.165) is 0 Å². The van der Waals surface area contributed by atoms with Crippen LogP contribution in [-0.4, -0.2) is 32.5 Å². The zero-order chi connectivity index (χ0) is 17.4. The van der Waals surface area contributed by atoms with Crippen molar-refractivity contribution < 1.29 is 34.7 Å². The number of carbonyl (C=O) groups is 1. The average Bonchev–Trinajstić information content (AvgIpc) is 2.49. The number of phenols is 4. The summed E-state index contributed by atoms with van der Waals surface area (Å²) in [6.07, 6.45) is -1.34. The predicted molar refractivity (Wildman–Crippen MR) is 82.2 cm³/mol. The third-order valence-corrected chi connectivity index (χ3v) is 3.81. The van der Waals surface area contributed by atoms with E-state index < -0.39 is 18.2 Å². The zero-order valence-electron chi connectivity index (χ0n) is 12.8. The van der Waals surface area contributed by atoms with Gasteiger partial charge in [-0.2, -0.15) is 0 Å². The molecule has 0 fully saturated rings. The van der Waals surface area contributed by atoms with Crippen LogP contribution in [0, 0.1) is 0 Å². The van der Waals surface area contributed by atoms with Gasteiger partial charge in [-0.05, 0) is 12.1 Å². The highest BCUT2D eigenvalue weighted by Gasteiger charge is 2.35. The molecule has 1 aliphatic heterocycles. The first kappa shape index (κ1) is 15.8. The van der Waals surface area contributed by atoms with Crippen LogP contribution < -0.4 is 4.74 Å². The van der Waals surface area contributed by atoms with Crippen LogP contribution in [0.5, 0.6) is 28.7 Å². The predicted octanol–water partition coefficient (Wildman–Crippen LogP) is 2.12. The van der Waals surface area contributed by atoms with Gasteiger partial charge in [-0.15, -0.1) is 0 Å². The van der Waals surface area contributed by atoms with Crippen molar-refractivity contribution >= 4 is 5.97 Å². The first-order valence-corrected chi connectivity index (χ1v) is 7.25. The minimum Gasteiger partial charge on any atom is -0.508 e. The van der Waals surface area contributed by atoms with Crippen LogP contribution in [-0.2, 0) is 16.0 Å². The summed E-state index contributed by atoms with van der Waals surface area (Å²) in [5.74, 6) is -1.19. The van der Waals surface area contributed by atoms with Gasteiger partial charge in [0.1, 0.15) is 23.4 Å². The second-order valence-electron chi connectivity index (χ2n) is 5.58. The lowest BCUT2D eigenvalue weighted by atomic mass is 9.93. The lowest BCUT2D eigenvalue weighted by Crippen LogP contribution is -2.34. The number of rotatable bonds is 2. The van der Waals surface area contributed by atoms with Gasteiger partial charge in [0.05, 0.1) is 0 Å². The summed E-state index contributed by atoms with van der Waals surface area (Å²) >= 11 is 0. The molecule has 0 saturated heterocycles. The molecule has 0 aliphatic carbocycles. The van der Waals surface area contributed by atoms with E-state index in [1.807, 2.05) is 0 Å². The molecule has 0 bridgehead atoms. The van der Waals surface area contributed by atoms with E-state index >= 15 is 0 Å². The summed E-state index contributed by atoms with van der Waals surface area (Å²) < 4.78 is 11.1. The molecule has 2 aromatic rings. The summed E-state index contributed by atoms with van der Waals surface area (Å²) in [4.78, 5) is 11.4. The van der Waals surface area contributed by atoms with E-state index in [1.165, 1.54) is 37.3 Å². The number of phenolic OH excluding ortho intramolecular Hbond substituents is 4. The first-order valence-electron chi connectivity index (χ1n) is 7.25. The number of benzene rings is 2. The maximum Gasteiger partial charge on any atom is 0.303 e. The van der Waals surface area contributed by atoms with E-state index in [9.17, 15) is 25.2 Å². The fourth-order valence-electron chi connectivity index (χ4n) is 2.76. The van der Waals surface area contributed by atoms with Crippen molar-refractivity contribution in [2.45, 2.75) is 25.6 Å². The molecule has 0 spiro atoms. The summed E-state index contributed by atoms with van der Waals surface area (Å²) in [7, 11) is 0. The van der Waals surface area contributed by atoms with Crippen molar-refractivity contribution in [2.75, 3.05) is 0 Å². The van der Waals surface area contributed by atoms with Gasteiger partial charge < -0.3 is 29.9 Å². The molecule has 126 valence electrons. The van der Waals surface area contributed by atoms with Crippen molar-refractivity contribution in [1.29, 1.82) is 0 Å². The third-order valence-electron chi connectivity index (χ3n) is 3.81. The van der Waals surface area contributed by atoms with E-state index in [4.69, 9.17) is 9.47 Å². The van der Waals surface area contributed by atoms with Crippen LogP contribution in [0.15, 0.2) is 30.3 Å². The Morgan fingerprint density at radius 2 is 1.83 bits per heavy atom. The van der Waals surface area contributed by atoms with Crippen LogP contribution in [0.25, 0.3) is 0 Å². The Balaban J connectivity index is 2.04. The second kappa shape index (κ2) is 5.84. The number of hydrogen-bond acceptors (Lipinski definition) is 7. The van der Waals surface area contributed by atoms with Crippen molar-refractivity contribution in [3.8, 4) is 28.7 Å². The molecule has 1 aliphatic rings. The normalized spacial score (nSPS) is 19.2. The van der Waals surface area contributed by atoms with Crippen molar-refractivity contribution in [3.05, 3.63) is 41.5 Å². The van der Waals surface area contributed by atoms with Crippen LogP contribution in [0.4, 0.5) is 0 Å². The molecule has 3 rings (SSSR count). The van der Waals surface area contributed by atoms with Gasteiger partial charge in [-0.3, -0.25) is 4.79 Å². The maximum atomic E-state index is 11.4. The van der Waals surface area contributed by atoms with Crippen molar-refractivity contribution in [1.82, 2.24) is 0 Å². The standard InChI is InChI=1S/C17H16O7/c1-8(18)23-16-7-11-13(21)5-10(19)6-15(11)24-17(16)9-2-3-12(20)14(22)4-9/h2-6,16-17,19-22H,7H2,1H3/t16-,17+/m0/s1. The molecule has 0 aromatic heterocycles. The second-order valence-corrected chi connectivity index (χ2v) is 5.58. The first-order chi connectivity index (χ1) is 11.3. The van der Waals surface area contributed by atoms with Gasteiger partial charge in [-0.1, -0.05) is 6.07 Å². The number of hydrogen-bond donors (Lipinski definition) is 4. The molecule has 7 nitrogen and oxygen atoms in total. The SMILES string of the molecule is CC(=O)O[C@H]1Cc2c(O)cc(O)cc2O[C@@H]1c1ccc(O)c(O)c1. The Morgan fingerprint density at radius 1 is 1.08 bits per heavy atom. The highest BCUT2D eigenvalue weighted by atomic mass is 16.6. The molecule has 0 amide bonds. The van der Waals surface area contributed by atoms with Crippen LogP contribution in [0.3, 0.4) is 0 Å². The van der Waals surface area contributed by atoms with Gasteiger partial charge >= 0.3 is 5.97 Å².